The Balaban J connectivity index is 1.48. The highest BCUT2D eigenvalue weighted by Gasteiger charge is 2.19. The number of hydrogen-bond acceptors (Lipinski definition) is 5. The van der Waals surface area contributed by atoms with Gasteiger partial charge in [0.2, 0.25) is 0 Å². The second-order valence-corrected chi connectivity index (χ2v) is 8.50. The van der Waals surface area contributed by atoms with Crippen LogP contribution in [0.25, 0.3) is 50.3 Å². The average Bonchev–Trinajstić information content (AvgIpc) is 3.46. The van der Waals surface area contributed by atoms with E-state index in [4.69, 9.17) is 10.7 Å². The first kappa shape index (κ1) is 19.5. The van der Waals surface area contributed by atoms with Crippen molar-refractivity contribution in [2.45, 2.75) is 0 Å². The molecule has 0 unspecified atom stereocenters. The summed E-state index contributed by atoms with van der Waals surface area (Å²) in [5, 5.41) is 15.1. The molecule has 33 heavy (non-hydrogen) atoms. The monoisotopic (exact) mass is 496 g/mol. The number of aromatic amines is 1. The molecule has 4 aromatic heterocycles. The van der Waals surface area contributed by atoms with Crippen LogP contribution >= 0.6 is 15.9 Å². The van der Waals surface area contributed by atoms with Gasteiger partial charge >= 0.3 is 0 Å². The minimum absolute atomic E-state index is 0.208. The van der Waals surface area contributed by atoms with Crippen LogP contribution in [0.1, 0.15) is 0 Å². The molecule has 0 radical (unpaired) electrons. The van der Waals surface area contributed by atoms with Gasteiger partial charge in [0.15, 0.2) is 5.65 Å². The number of nitrogens with two attached hydrogens (primary N) is 1. The quantitative estimate of drug-likeness (QED) is 0.293. The number of hydrogen-bond donors (Lipinski definition) is 3. The normalized spacial score (nSPS) is 11.4. The van der Waals surface area contributed by atoms with Crippen molar-refractivity contribution in [2.75, 3.05) is 5.73 Å². The molecule has 7 nitrogen and oxygen atoms in total. The van der Waals surface area contributed by atoms with Gasteiger partial charge in [0.25, 0.3) is 0 Å². The number of nitrogens with one attached hydrogen (secondary N) is 1. The number of halogens is 1. The minimum atomic E-state index is 0.208. The Morgan fingerprint density at radius 2 is 1.79 bits per heavy atom. The summed E-state index contributed by atoms with van der Waals surface area (Å²) in [4.78, 5) is 12.9. The number of benzene rings is 2. The first-order valence-corrected chi connectivity index (χ1v) is 11.0. The summed E-state index contributed by atoms with van der Waals surface area (Å²) in [7, 11) is 0. The van der Waals surface area contributed by atoms with Crippen LogP contribution in [-0.2, 0) is 0 Å². The number of fused-ring (bicyclic) bond motifs is 2. The van der Waals surface area contributed by atoms with Crippen molar-refractivity contribution < 1.29 is 5.11 Å². The van der Waals surface area contributed by atoms with Crippen molar-refractivity contribution in [1.82, 2.24) is 24.6 Å². The summed E-state index contributed by atoms with van der Waals surface area (Å²) >= 11 is 3.58. The van der Waals surface area contributed by atoms with Gasteiger partial charge in [0.05, 0.1) is 22.1 Å². The lowest BCUT2D eigenvalue weighted by Crippen LogP contribution is -2.03. The molecule has 0 amide bonds. The molecule has 8 heteroatoms. The Bertz CT molecular complexity index is 1640. The zero-order chi connectivity index (χ0) is 22.5. The minimum Gasteiger partial charge on any atom is -0.508 e. The number of aromatic hydroxyl groups is 1. The van der Waals surface area contributed by atoms with E-state index >= 15 is 0 Å². The highest BCUT2D eigenvalue weighted by molar-refractivity contribution is 9.10. The molecule has 0 fully saturated rings. The molecular weight excluding hydrogens is 480 g/mol. The maximum absolute atomic E-state index is 9.80. The Labute approximate surface area is 196 Å². The van der Waals surface area contributed by atoms with E-state index in [9.17, 15) is 5.11 Å². The smallest absolute Gasteiger partial charge is 0.166 e. The van der Waals surface area contributed by atoms with E-state index < -0.39 is 0 Å². The molecule has 0 atom stereocenters. The van der Waals surface area contributed by atoms with Crippen molar-refractivity contribution in [3.63, 3.8) is 0 Å². The maximum atomic E-state index is 9.80. The highest BCUT2D eigenvalue weighted by Crippen LogP contribution is 2.36. The molecule has 4 heterocycles. The SMILES string of the molecule is Nc1c(Br)c(-c2cc3cc(O)ccc3[nH]2)nc2c(-c3ccc(-c4ccccc4)nc3)cnn12. The third-order valence-corrected chi connectivity index (χ3v) is 6.41. The largest absolute Gasteiger partial charge is 0.508 e. The molecule has 4 N–H and O–H groups in total. The molecular formula is C25H17BrN6O. The second-order valence-electron chi connectivity index (χ2n) is 7.71. The molecule has 0 bridgehead atoms. The molecule has 160 valence electrons. The fourth-order valence-corrected chi connectivity index (χ4v) is 4.43. The molecule has 0 spiro atoms. The average molecular weight is 497 g/mol. The molecule has 0 aliphatic rings. The summed E-state index contributed by atoms with van der Waals surface area (Å²) in [6.45, 7) is 0. The number of aromatic nitrogens is 5. The van der Waals surface area contributed by atoms with Crippen LogP contribution in [-0.4, -0.2) is 29.7 Å². The summed E-state index contributed by atoms with van der Waals surface area (Å²) in [5.74, 6) is 0.649. The summed E-state index contributed by atoms with van der Waals surface area (Å²) < 4.78 is 2.25. The van der Waals surface area contributed by atoms with Crippen LogP contribution < -0.4 is 5.73 Å². The van der Waals surface area contributed by atoms with Gasteiger partial charge in [-0.2, -0.15) is 9.61 Å². The van der Waals surface area contributed by atoms with E-state index in [1.807, 2.05) is 60.8 Å². The molecule has 2 aromatic carbocycles. The molecule has 0 saturated heterocycles. The van der Waals surface area contributed by atoms with Crippen LogP contribution in [0.4, 0.5) is 5.82 Å². The molecule has 0 aliphatic carbocycles. The van der Waals surface area contributed by atoms with Crippen LogP contribution in [0.15, 0.2) is 83.6 Å². The standard InChI is InChI=1S/C25H17BrN6O/c26-22-23(21-11-16-10-17(33)7-9-20(16)30-21)31-25-18(13-29-32(25)24(22)27)15-6-8-19(28-12-15)14-4-2-1-3-5-14/h1-13,30,33H,27H2. The van der Waals surface area contributed by atoms with Crippen LogP contribution in [0.3, 0.4) is 0 Å². The van der Waals surface area contributed by atoms with Gasteiger partial charge in [-0.15, -0.1) is 0 Å². The number of phenols is 1. The number of rotatable bonds is 3. The molecule has 0 aliphatic heterocycles. The van der Waals surface area contributed by atoms with Crippen LogP contribution in [0.5, 0.6) is 5.75 Å². The predicted molar refractivity (Wildman–Crippen MR) is 133 cm³/mol. The lowest BCUT2D eigenvalue weighted by molar-refractivity contribution is 0.476. The Morgan fingerprint density at radius 1 is 0.939 bits per heavy atom. The zero-order valence-electron chi connectivity index (χ0n) is 17.2. The Morgan fingerprint density at radius 3 is 2.58 bits per heavy atom. The van der Waals surface area contributed by atoms with E-state index in [-0.39, 0.29) is 5.75 Å². The number of pyridine rings is 1. The Kier molecular flexibility index (Phi) is 4.41. The summed E-state index contributed by atoms with van der Waals surface area (Å²) in [6, 6.07) is 21.1. The topological polar surface area (TPSA) is 105 Å². The lowest BCUT2D eigenvalue weighted by atomic mass is 10.1. The van der Waals surface area contributed by atoms with E-state index in [0.29, 0.717) is 21.6 Å². The molecule has 6 rings (SSSR count). The molecule has 0 saturated carbocycles. The fourth-order valence-electron chi connectivity index (χ4n) is 3.96. The fraction of sp³-hybridized carbons (Fsp3) is 0. The predicted octanol–water partition coefficient (Wildman–Crippen LogP) is 5.66. The lowest BCUT2D eigenvalue weighted by Gasteiger charge is -2.08. The summed E-state index contributed by atoms with van der Waals surface area (Å²) in [5.41, 5.74) is 13.0. The van der Waals surface area contributed by atoms with Gasteiger partial charge in [0.1, 0.15) is 17.3 Å². The number of H-pyrrole nitrogens is 1. The van der Waals surface area contributed by atoms with Crippen molar-refractivity contribution in [1.29, 1.82) is 0 Å². The summed E-state index contributed by atoms with van der Waals surface area (Å²) in [6.07, 6.45) is 3.57. The van der Waals surface area contributed by atoms with E-state index in [1.54, 1.807) is 22.8 Å². The van der Waals surface area contributed by atoms with Gasteiger partial charge in [0, 0.05) is 33.8 Å². The van der Waals surface area contributed by atoms with E-state index in [1.165, 1.54) is 0 Å². The van der Waals surface area contributed by atoms with Crippen molar-refractivity contribution in [3.8, 4) is 39.5 Å². The first-order chi connectivity index (χ1) is 16.1. The number of phenolic OH excluding ortho intramolecular Hbond substituents is 1. The van der Waals surface area contributed by atoms with Crippen molar-refractivity contribution >= 4 is 38.3 Å². The third-order valence-electron chi connectivity index (χ3n) is 5.63. The van der Waals surface area contributed by atoms with Gasteiger partial charge in [-0.05, 0) is 46.3 Å². The first-order valence-electron chi connectivity index (χ1n) is 10.2. The zero-order valence-corrected chi connectivity index (χ0v) is 18.8. The van der Waals surface area contributed by atoms with Gasteiger partial charge in [-0.1, -0.05) is 36.4 Å². The highest BCUT2D eigenvalue weighted by atomic mass is 79.9. The van der Waals surface area contributed by atoms with Gasteiger partial charge in [-0.25, -0.2) is 4.98 Å². The van der Waals surface area contributed by atoms with Crippen LogP contribution in [0.2, 0.25) is 0 Å². The maximum Gasteiger partial charge on any atom is 0.166 e. The van der Waals surface area contributed by atoms with Crippen molar-refractivity contribution in [3.05, 3.63) is 83.6 Å². The third kappa shape index (κ3) is 3.23. The Hall–Kier alpha value is -4.17. The van der Waals surface area contributed by atoms with Gasteiger partial charge in [-0.3, -0.25) is 4.98 Å². The number of anilines is 1. The van der Waals surface area contributed by atoms with E-state index in [2.05, 4.69) is 31.0 Å². The van der Waals surface area contributed by atoms with Crippen molar-refractivity contribution in [2.24, 2.45) is 0 Å². The number of nitrogens with zero attached hydrogens (tertiary/aromatic N) is 4. The van der Waals surface area contributed by atoms with Crippen LogP contribution in [0, 0.1) is 0 Å². The second kappa shape index (κ2) is 7.46. The molecule has 6 aromatic rings. The number of nitrogen functional groups attached to an aromatic ring is 1. The van der Waals surface area contributed by atoms with E-state index in [0.717, 1.165) is 39.0 Å². The van der Waals surface area contributed by atoms with Gasteiger partial charge < -0.3 is 15.8 Å².